The van der Waals surface area contributed by atoms with Gasteiger partial charge in [-0.2, -0.15) is 0 Å². The molecule has 0 aliphatic rings. The van der Waals surface area contributed by atoms with E-state index in [-0.39, 0.29) is 5.97 Å². The number of amides is 1. The standard InChI is InChI=1S/C9H16NO3/c1-3-5-6-8(10-7-11)9(12)13-4-2/h8H,3-6H2,1-2H3,(H,10,11). The van der Waals surface area contributed by atoms with Crippen LogP contribution in [-0.2, 0) is 14.3 Å². The first-order chi connectivity index (χ1) is 6.26. The van der Waals surface area contributed by atoms with Crippen LogP contribution < -0.4 is 5.32 Å². The highest BCUT2D eigenvalue weighted by molar-refractivity contribution is 5.78. The lowest BCUT2D eigenvalue weighted by Crippen LogP contribution is -2.37. The maximum Gasteiger partial charge on any atom is 0.328 e. The molecule has 1 amide bonds. The molecule has 0 heterocycles. The average Bonchev–Trinajstić information content (AvgIpc) is 2.12. The van der Waals surface area contributed by atoms with Gasteiger partial charge in [-0.15, -0.1) is 0 Å². The summed E-state index contributed by atoms with van der Waals surface area (Å²) >= 11 is 0. The van der Waals surface area contributed by atoms with Gasteiger partial charge in [0.15, 0.2) is 0 Å². The molecule has 0 aliphatic carbocycles. The fourth-order valence-electron chi connectivity index (χ4n) is 0.971. The minimum Gasteiger partial charge on any atom is -0.464 e. The van der Waals surface area contributed by atoms with E-state index in [1.165, 1.54) is 6.41 Å². The summed E-state index contributed by atoms with van der Waals surface area (Å²) in [7, 11) is 0. The largest absolute Gasteiger partial charge is 0.464 e. The molecule has 13 heavy (non-hydrogen) atoms. The molecule has 1 unspecified atom stereocenters. The van der Waals surface area contributed by atoms with Crippen molar-refractivity contribution in [1.82, 2.24) is 5.32 Å². The smallest absolute Gasteiger partial charge is 0.328 e. The summed E-state index contributed by atoms with van der Waals surface area (Å²) in [6, 6.07) is -0.530. The van der Waals surface area contributed by atoms with Gasteiger partial charge < -0.3 is 10.1 Å². The molecule has 1 N–H and O–H groups in total. The average molecular weight is 186 g/mol. The number of hydrogen-bond acceptors (Lipinski definition) is 3. The minimum absolute atomic E-state index is 0.335. The molecule has 0 fully saturated rings. The summed E-state index contributed by atoms with van der Waals surface area (Å²) in [5.74, 6) is -0.376. The van der Waals surface area contributed by atoms with Gasteiger partial charge in [0.2, 0.25) is 0 Å². The summed E-state index contributed by atoms with van der Waals surface area (Å²) in [4.78, 5) is 21.2. The van der Waals surface area contributed by atoms with E-state index in [2.05, 4.69) is 5.32 Å². The van der Waals surface area contributed by atoms with Crippen molar-refractivity contribution >= 4 is 12.4 Å². The van der Waals surface area contributed by atoms with E-state index in [9.17, 15) is 9.59 Å². The van der Waals surface area contributed by atoms with Crippen LogP contribution in [0.5, 0.6) is 0 Å². The lowest BCUT2D eigenvalue weighted by atomic mass is 10.1. The number of nitrogens with one attached hydrogen (secondary N) is 1. The number of carbonyl (C=O) groups is 1. The predicted octanol–water partition coefficient (Wildman–Crippen LogP) is 0.765. The van der Waals surface area contributed by atoms with Crippen LogP contribution in [0.2, 0.25) is 0 Å². The number of carbonyl (C=O) groups excluding carboxylic acids is 2. The van der Waals surface area contributed by atoms with E-state index in [4.69, 9.17) is 4.74 Å². The Bertz CT molecular complexity index is 159. The van der Waals surface area contributed by atoms with Gasteiger partial charge in [0.25, 0.3) is 0 Å². The third kappa shape index (κ3) is 5.22. The Morgan fingerprint density at radius 1 is 1.54 bits per heavy atom. The van der Waals surface area contributed by atoms with Crippen molar-refractivity contribution in [1.29, 1.82) is 0 Å². The molecule has 0 aromatic heterocycles. The second-order valence-corrected chi connectivity index (χ2v) is 2.69. The van der Waals surface area contributed by atoms with Crippen molar-refractivity contribution in [2.45, 2.75) is 39.2 Å². The van der Waals surface area contributed by atoms with Crippen molar-refractivity contribution in [3.05, 3.63) is 0 Å². The van der Waals surface area contributed by atoms with Gasteiger partial charge in [-0.25, -0.2) is 4.79 Å². The van der Waals surface area contributed by atoms with Gasteiger partial charge in [0, 0.05) is 0 Å². The minimum atomic E-state index is -0.530. The summed E-state index contributed by atoms with van der Waals surface area (Å²) in [6.07, 6.45) is 4.00. The first-order valence-electron chi connectivity index (χ1n) is 4.55. The highest BCUT2D eigenvalue weighted by Crippen LogP contribution is 2.01. The second-order valence-electron chi connectivity index (χ2n) is 2.69. The zero-order chi connectivity index (χ0) is 10.1. The second kappa shape index (κ2) is 7.58. The van der Waals surface area contributed by atoms with Gasteiger partial charge in [0.1, 0.15) is 6.04 Å². The maximum absolute atomic E-state index is 11.2. The quantitative estimate of drug-likeness (QED) is 0.472. The zero-order valence-electron chi connectivity index (χ0n) is 8.13. The Labute approximate surface area is 78.6 Å². The fourth-order valence-corrected chi connectivity index (χ4v) is 0.971. The van der Waals surface area contributed by atoms with Crippen molar-refractivity contribution in [2.24, 2.45) is 0 Å². The highest BCUT2D eigenvalue weighted by Gasteiger charge is 2.17. The SMILES string of the molecule is CCCCC(N[C]=O)C(=O)OCC. The van der Waals surface area contributed by atoms with Crippen molar-refractivity contribution in [3.63, 3.8) is 0 Å². The maximum atomic E-state index is 11.2. The number of rotatable bonds is 7. The van der Waals surface area contributed by atoms with Gasteiger partial charge in [-0.1, -0.05) is 19.8 Å². The Balaban J connectivity index is 3.90. The number of esters is 1. The van der Waals surface area contributed by atoms with Gasteiger partial charge in [-0.05, 0) is 13.3 Å². The van der Waals surface area contributed by atoms with Crippen molar-refractivity contribution in [2.75, 3.05) is 6.61 Å². The first kappa shape index (κ1) is 11.9. The summed E-state index contributed by atoms with van der Waals surface area (Å²) in [5, 5.41) is 2.32. The summed E-state index contributed by atoms with van der Waals surface area (Å²) < 4.78 is 4.77. The Morgan fingerprint density at radius 3 is 2.69 bits per heavy atom. The lowest BCUT2D eigenvalue weighted by Gasteiger charge is -2.12. The number of hydrogen-bond donors (Lipinski definition) is 1. The topological polar surface area (TPSA) is 55.4 Å². The van der Waals surface area contributed by atoms with E-state index in [1.807, 2.05) is 6.92 Å². The van der Waals surface area contributed by atoms with Crippen LogP contribution in [0.25, 0.3) is 0 Å². The Kier molecular flexibility index (Phi) is 6.96. The molecule has 0 aromatic rings. The molecule has 0 saturated heterocycles. The van der Waals surface area contributed by atoms with Gasteiger partial charge in [0.05, 0.1) is 6.61 Å². The molecule has 0 bridgehead atoms. The Hall–Kier alpha value is -1.06. The Morgan fingerprint density at radius 2 is 2.23 bits per heavy atom. The van der Waals surface area contributed by atoms with Crippen molar-refractivity contribution in [3.8, 4) is 0 Å². The molecule has 4 nitrogen and oxygen atoms in total. The third-order valence-electron chi connectivity index (χ3n) is 1.65. The number of ether oxygens (including phenoxy) is 1. The molecule has 0 aliphatic heterocycles. The van der Waals surface area contributed by atoms with E-state index in [0.717, 1.165) is 12.8 Å². The van der Waals surface area contributed by atoms with Crippen LogP contribution in [0.1, 0.15) is 33.1 Å². The lowest BCUT2D eigenvalue weighted by molar-refractivity contribution is -0.145. The van der Waals surface area contributed by atoms with Crippen LogP contribution in [-0.4, -0.2) is 25.0 Å². The van der Waals surface area contributed by atoms with Crippen LogP contribution in [0.4, 0.5) is 0 Å². The zero-order valence-corrected chi connectivity index (χ0v) is 8.13. The molecule has 0 aromatic carbocycles. The molecule has 4 heteroatoms. The van der Waals surface area contributed by atoms with E-state index in [0.29, 0.717) is 13.0 Å². The van der Waals surface area contributed by atoms with E-state index >= 15 is 0 Å². The molecule has 0 saturated carbocycles. The molecular weight excluding hydrogens is 170 g/mol. The molecule has 1 atom stereocenters. The van der Waals surface area contributed by atoms with Gasteiger partial charge >= 0.3 is 12.4 Å². The summed E-state index contributed by atoms with van der Waals surface area (Å²) in [5.41, 5.74) is 0. The molecular formula is C9H16NO3. The van der Waals surface area contributed by atoms with E-state index in [1.54, 1.807) is 6.92 Å². The normalized spacial score (nSPS) is 11.8. The predicted molar refractivity (Wildman–Crippen MR) is 48.8 cm³/mol. The molecule has 0 rings (SSSR count). The summed E-state index contributed by atoms with van der Waals surface area (Å²) in [6.45, 7) is 4.09. The highest BCUT2D eigenvalue weighted by atomic mass is 16.5. The van der Waals surface area contributed by atoms with Crippen LogP contribution in [0.3, 0.4) is 0 Å². The fraction of sp³-hybridized carbons (Fsp3) is 0.778. The first-order valence-corrected chi connectivity index (χ1v) is 4.55. The van der Waals surface area contributed by atoms with Crippen molar-refractivity contribution < 1.29 is 14.3 Å². The monoisotopic (exact) mass is 186 g/mol. The van der Waals surface area contributed by atoms with Crippen LogP contribution in [0.15, 0.2) is 0 Å². The van der Waals surface area contributed by atoms with Gasteiger partial charge in [-0.3, -0.25) is 4.79 Å². The van der Waals surface area contributed by atoms with E-state index < -0.39 is 6.04 Å². The molecule has 75 valence electrons. The van der Waals surface area contributed by atoms with Crippen LogP contribution in [0, 0.1) is 0 Å². The third-order valence-corrected chi connectivity index (χ3v) is 1.65. The molecule has 1 radical (unpaired) electrons. The number of unbranched alkanes of at least 4 members (excludes halogenated alkanes) is 1. The van der Waals surface area contributed by atoms with Crippen LogP contribution >= 0.6 is 0 Å². The molecule has 0 spiro atoms.